The number of nitrogens with one attached hydrogen (secondary N) is 1. The summed E-state index contributed by atoms with van der Waals surface area (Å²) in [6.07, 6.45) is 6.58. The Hall–Kier alpha value is -2.22. The Bertz CT molecular complexity index is 638. The molecule has 1 saturated heterocycles. The first-order valence-electron chi connectivity index (χ1n) is 7.96. The molecule has 0 spiro atoms. The van der Waals surface area contributed by atoms with Gasteiger partial charge in [0.1, 0.15) is 12.7 Å². The first-order chi connectivity index (χ1) is 11.1. The predicted molar refractivity (Wildman–Crippen MR) is 83.7 cm³/mol. The molecule has 2 atom stereocenters. The third-order valence-electron chi connectivity index (χ3n) is 4.29. The molecule has 0 aliphatic carbocycles. The zero-order valence-electron chi connectivity index (χ0n) is 13.5. The van der Waals surface area contributed by atoms with Crippen LogP contribution in [0.15, 0.2) is 23.2 Å². The summed E-state index contributed by atoms with van der Waals surface area (Å²) in [4.78, 5) is 18.7. The van der Waals surface area contributed by atoms with Gasteiger partial charge in [0.05, 0.1) is 18.3 Å². The van der Waals surface area contributed by atoms with Crippen LogP contribution in [0.4, 0.5) is 5.88 Å². The average molecular weight is 318 g/mol. The van der Waals surface area contributed by atoms with Gasteiger partial charge in [-0.1, -0.05) is 11.6 Å². The Morgan fingerprint density at radius 2 is 2.39 bits per heavy atom. The van der Waals surface area contributed by atoms with Crippen LogP contribution >= 0.6 is 0 Å². The average Bonchev–Trinajstić information content (AvgIpc) is 3.19. The molecule has 0 saturated carbocycles. The quantitative estimate of drug-likeness (QED) is 0.897. The first kappa shape index (κ1) is 15.7. The second kappa shape index (κ2) is 6.91. The number of nitrogens with zero attached hydrogens (tertiary/aromatic N) is 5. The molecule has 0 unspecified atom stereocenters. The van der Waals surface area contributed by atoms with Crippen LogP contribution in [0.25, 0.3) is 0 Å². The van der Waals surface area contributed by atoms with E-state index in [0.717, 1.165) is 31.6 Å². The van der Waals surface area contributed by atoms with Crippen molar-refractivity contribution in [2.45, 2.75) is 51.7 Å². The van der Waals surface area contributed by atoms with E-state index in [-0.39, 0.29) is 18.0 Å². The fourth-order valence-corrected chi connectivity index (χ4v) is 3.07. The molecule has 1 aliphatic heterocycles. The third-order valence-corrected chi connectivity index (χ3v) is 4.29. The fraction of sp³-hybridized carbons (Fsp3) is 0.600. The highest BCUT2D eigenvalue weighted by Gasteiger charge is 2.31. The standard InChI is InChI=1S/C15H22N6O2/c1-11-7-14(23-19-11)18-15(22)12(2)21-6-4-3-5-13(21)8-20-10-16-9-17-20/h7,9-10,12-13H,3-6,8H2,1-2H3,(H,18,22)/t12-,13-/m0/s1. The minimum atomic E-state index is -0.241. The second-order valence-electron chi connectivity index (χ2n) is 6.00. The van der Waals surface area contributed by atoms with Crippen molar-refractivity contribution in [3.8, 4) is 0 Å². The summed E-state index contributed by atoms with van der Waals surface area (Å²) in [5.41, 5.74) is 0.745. The van der Waals surface area contributed by atoms with E-state index in [1.807, 2.05) is 18.5 Å². The number of amides is 1. The normalized spacial score (nSPS) is 20.3. The lowest BCUT2D eigenvalue weighted by molar-refractivity contribution is -0.122. The lowest BCUT2D eigenvalue weighted by Crippen LogP contribution is -2.51. The van der Waals surface area contributed by atoms with E-state index in [2.05, 4.69) is 25.5 Å². The second-order valence-corrected chi connectivity index (χ2v) is 6.00. The van der Waals surface area contributed by atoms with Gasteiger partial charge >= 0.3 is 0 Å². The van der Waals surface area contributed by atoms with Crippen LogP contribution in [0.5, 0.6) is 0 Å². The molecule has 8 nitrogen and oxygen atoms in total. The molecule has 0 radical (unpaired) electrons. The van der Waals surface area contributed by atoms with Crippen molar-refractivity contribution < 1.29 is 9.32 Å². The van der Waals surface area contributed by atoms with Gasteiger partial charge in [0.15, 0.2) is 0 Å². The Morgan fingerprint density at radius 1 is 1.52 bits per heavy atom. The van der Waals surface area contributed by atoms with E-state index in [1.165, 1.54) is 12.7 Å². The Morgan fingerprint density at radius 3 is 3.09 bits per heavy atom. The van der Waals surface area contributed by atoms with Crippen LogP contribution in [0, 0.1) is 6.92 Å². The van der Waals surface area contributed by atoms with Gasteiger partial charge in [-0.3, -0.25) is 19.7 Å². The minimum absolute atomic E-state index is 0.0772. The predicted octanol–water partition coefficient (Wildman–Crippen LogP) is 1.46. The van der Waals surface area contributed by atoms with Gasteiger partial charge < -0.3 is 4.52 Å². The molecule has 0 aromatic carbocycles. The summed E-state index contributed by atoms with van der Waals surface area (Å²) in [5.74, 6) is 0.316. The zero-order valence-corrected chi connectivity index (χ0v) is 13.5. The largest absolute Gasteiger partial charge is 0.338 e. The summed E-state index contributed by atoms with van der Waals surface area (Å²) in [5, 5.41) is 10.8. The number of hydrogen-bond donors (Lipinski definition) is 1. The number of carbonyl (C=O) groups excluding carboxylic acids is 1. The number of anilines is 1. The Kier molecular flexibility index (Phi) is 4.71. The summed E-state index contributed by atoms with van der Waals surface area (Å²) in [6, 6.07) is 1.75. The third kappa shape index (κ3) is 3.76. The van der Waals surface area contributed by atoms with Gasteiger partial charge in [-0.05, 0) is 33.2 Å². The number of rotatable bonds is 5. The Balaban J connectivity index is 1.65. The molecule has 1 aliphatic rings. The number of carbonyl (C=O) groups is 1. The molecule has 3 rings (SSSR count). The van der Waals surface area contributed by atoms with E-state index in [4.69, 9.17) is 4.52 Å². The zero-order chi connectivity index (χ0) is 16.2. The minimum Gasteiger partial charge on any atom is -0.338 e. The highest BCUT2D eigenvalue weighted by molar-refractivity contribution is 5.93. The molecule has 1 fully saturated rings. The van der Waals surface area contributed by atoms with E-state index >= 15 is 0 Å². The monoisotopic (exact) mass is 318 g/mol. The van der Waals surface area contributed by atoms with Crippen LogP contribution in [-0.4, -0.2) is 49.4 Å². The van der Waals surface area contributed by atoms with Crippen LogP contribution in [0.3, 0.4) is 0 Å². The van der Waals surface area contributed by atoms with Crippen LogP contribution in [0.2, 0.25) is 0 Å². The van der Waals surface area contributed by atoms with E-state index in [9.17, 15) is 4.79 Å². The van der Waals surface area contributed by atoms with Crippen molar-refractivity contribution in [2.75, 3.05) is 11.9 Å². The lowest BCUT2D eigenvalue weighted by atomic mass is 9.99. The first-order valence-corrected chi connectivity index (χ1v) is 7.96. The number of aryl methyl sites for hydroxylation is 1. The molecule has 0 bridgehead atoms. The van der Waals surface area contributed by atoms with Gasteiger partial charge in [0.25, 0.3) is 0 Å². The lowest BCUT2D eigenvalue weighted by Gasteiger charge is -2.38. The van der Waals surface area contributed by atoms with Crippen molar-refractivity contribution in [1.82, 2.24) is 24.8 Å². The van der Waals surface area contributed by atoms with Crippen molar-refractivity contribution in [2.24, 2.45) is 0 Å². The number of likely N-dealkylation sites (tertiary alicyclic amines) is 1. The molecule has 1 N–H and O–H groups in total. The number of aromatic nitrogens is 4. The van der Waals surface area contributed by atoms with Crippen molar-refractivity contribution in [3.05, 3.63) is 24.4 Å². The van der Waals surface area contributed by atoms with E-state index in [1.54, 1.807) is 12.4 Å². The van der Waals surface area contributed by atoms with E-state index < -0.39 is 0 Å². The molecular formula is C15H22N6O2. The van der Waals surface area contributed by atoms with E-state index in [0.29, 0.717) is 5.88 Å². The van der Waals surface area contributed by atoms with Gasteiger partial charge in [0, 0.05) is 12.1 Å². The van der Waals surface area contributed by atoms with Crippen molar-refractivity contribution in [1.29, 1.82) is 0 Å². The molecule has 1 amide bonds. The fourth-order valence-electron chi connectivity index (χ4n) is 3.07. The maximum absolute atomic E-state index is 12.5. The Labute approximate surface area is 134 Å². The SMILES string of the molecule is Cc1cc(NC(=O)[C@H](C)N2CCCC[C@H]2Cn2cncn2)on1. The summed E-state index contributed by atoms with van der Waals surface area (Å²) >= 11 is 0. The van der Waals surface area contributed by atoms with Gasteiger partial charge in [-0.25, -0.2) is 4.98 Å². The van der Waals surface area contributed by atoms with Crippen LogP contribution < -0.4 is 5.32 Å². The summed E-state index contributed by atoms with van der Waals surface area (Å²) in [7, 11) is 0. The van der Waals surface area contributed by atoms with Crippen molar-refractivity contribution >= 4 is 11.8 Å². The van der Waals surface area contributed by atoms with Gasteiger partial charge in [0.2, 0.25) is 11.8 Å². The molecule has 23 heavy (non-hydrogen) atoms. The van der Waals surface area contributed by atoms with Crippen LogP contribution in [0.1, 0.15) is 31.9 Å². The maximum atomic E-state index is 12.5. The topological polar surface area (TPSA) is 89.1 Å². The highest BCUT2D eigenvalue weighted by atomic mass is 16.5. The maximum Gasteiger partial charge on any atom is 0.243 e. The van der Waals surface area contributed by atoms with Gasteiger partial charge in [-0.15, -0.1) is 0 Å². The molecular weight excluding hydrogens is 296 g/mol. The number of hydrogen-bond acceptors (Lipinski definition) is 6. The molecule has 2 aromatic heterocycles. The molecule has 124 valence electrons. The summed E-state index contributed by atoms with van der Waals surface area (Å²) in [6.45, 7) is 5.40. The molecule has 8 heteroatoms. The van der Waals surface area contributed by atoms with Crippen molar-refractivity contribution in [3.63, 3.8) is 0 Å². The highest BCUT2D eigenvalue weighted by Crippen LogP contribution is 2.22. The smallest absolute Gasteiger partial charge is 0.243 e. The van der Waals surface area contributed by atoms with Gasteiger partial charge in [-0.2, -0.15) is 5.10 Å². The molecule has 2 aromatic rings. The summed E-state index contributed by atoms with van der Waals surface area (Å²) < 4.78 is 6.89. The van der Waals surface area contributed by atoms with Crippen LogP contribution in [-0.2, 0) is 11.3 Å². The molecule has 3 heterocycles. The number of piperidine rings is 1.